The molecule has 3 nitrogen and oxygen atoms in total. The van der Waals surface area contributed by atoms with E-state index in [1.165, 1.54) is 19.2 Å². The zero-order valence-electron chi connectivity index (χ0n) is 10.4. The number of rotatable bonds is 4. The Morgan fingerprint density at radius 3 is 2.63 bits per heavy atom. The highest BCUT2D eigenvalue weighted by Crippen LogP contribution is 2.24. The van der Waals surface area contributed by atoms with Gasteiger partial charge in [0, 0.05) is 0 Å². The number of hydrogen-bond acceptors (Lipinski definition) is 3. The lowest BCUT2D eigenvalue weighted by atomic mass is 10.2. The number of benzene rings is 2. The molecule has 0 amide bonds. The summed E-state index contributed by atoms with van der Waals surface area (Å²) in [6, 6.07) is 11.2. The third-order valence-corrected chi connectivity index (χ3v) is 4.09. The summed E-state index contributed by atoms with van der Waals surface area (Å²) in [6.07, 6.45) is 0. The highest BCUT2D eigenvalue weighted by molar-refractivity contribution is 7.84. The summed E-state index contributed by atoms with van der Waals surface area (Å²) < 4.78 is 30.7. The van der Waals surface area contributed by atoms with Crippen molar-refractivity contribution >= 4 is 16.5 Å². The number of ether oxygens (including phenoxy) is 1. The van der Waals surface area contributed by atoms with Crippen molar-refractivity contribution < 1.29 is 13.3 Å². The van der Waals surface area contributed by atoms with Crippen molar-refractivity contribution in [2.75, 3.05) is 12.8 Å². The zero-order valence-corrected chi connectivity index (χ0v) is 11.2. The van der Waals surface area contributed by atoms with Gasteiger partial charge in [-0.15, -0.1) is 0 Å². The summed E-state index contributed by atoms with van der Waals surface area (Å²) in [5, 5.41) is 0. The van der Waals surface area contributed by atoms with Crippen LogP contribution in [0.4, 0.5) is 10.1 Å². The third kappa shape index (κ3) is 3.12. The van der Waals surface area contributed by atoms with E-state index in [0.717, 1.165) is 5.56 Å². The van der Waals surface area contributed by atoms with E-state index >= 15 is 0 Å². The summed E-state index contributed by atoms with van der Waals surface area (Å²) in [6.45, 7) is 0. The summed E-state index contributed by atoms with van der Waals surface area (Å²) in [5.41, 5.74) is 7.03. The van der Waals surface area contributed by atoms with Crippen molar-refractivity contribution in [1.82, 2.24) is 0 Å². The van der Waals surface area contributed by atoms with Crippen LogP contribution in [0.5, 0.6) is 5.75 Å². The van der Waals surface area contributed by atoms with Crippen LogP contribution in [0, 0.1) is 5.82 Å². The molecular weight excluding hydrogens is 265 g/mol. The van der Waals surface area contributed by atoms with E-state index < -0.39 is 16.6 Å². The average Bonchev–Trinajstić information content (AvgIpc) is 2.39. The van der Waals surface area contributed by atoms with E-state index in [0.29, 0.717) is 11.4 Å². The first kappa shape index (κ1) is 13.5. The minimum atomic E-state index is -1.43. The molecule has 1 atom stereocenters. The van der Waals surface area contributed by atoms with Crippen molar-refractivity contribution in [3.8, 4) is 5.75 Å². The topological polar surface area (TPSA) is 52.3 Å². The maximum Gasteiger partial charge on any atom is 0.141 e. The highest BCUT2D eigenvalue weighted by atomic mass is 32.2. The first-order valence-corrected chi connectivity index (χ1v) is 6.99. The van der Waals surface area contributed by atoms with Crippen LogP contribution in [0.2, 0.25) is 0 Å². The van der Waals surface area contributed by atoms with Gasteiger partial charge in [-0.1, -0.05) is 18.2 Å². The fraction of sp³-hybridized carbons (Fsp3) is 0.143. The Kier molecular flexibility index (Phi) is 4.16. The largest absolute Gasteiger partial charge is 0.495 e. The summed E-state index contributed by atoms with van der Waals surface area (Å²) >= 11 is 0. The van der Waals surface area contributed by atoms with Gasteiger partial charge in [-0.2, -0.15) is 0 Å². The Labute approximate surface area is 113 Å². The van der Waals surface area contributed by atoms with Crippen LogP contribution in [-0.2, 0) is 16.6 Å². The fourth-order valence-electron chi connectivity index (χ4n) is 1.73. The SMILES string of the molecule is COc1ccc(CS(=O)c2ccccc2F)cc1N. The maximum absolute atomic E-state index is 13.5. The molecule has 19 heavy (non-hydrogen) atoms. The number of hydrogen-bond donors (Lipinski definition) is 1. The third-order valence-electron chi connectivity index (χ3n) is 2.67. The van der Waals surface area contributed by atoms with Crippen molar-refractivity contribution in [3.05, 3.63) is 53.8 Å². The van der Waals surface area contributed by atoms with Crippen LogP contribution in [0.25, 0.3) is 0 Å². The van der Waals surface area contributed by atoms with Crippen molar-refractivity contribution in [2.24, 2.45) is 0 Å². The van der Waals surface area contributed by atoms with Crippen LogP contribution < -0.4 is 10.5 Å². The lowest BCUT2D eigenvalue weighted by molar-refractivity contribution is 0.417. The van der Waals surface area contributed by atoms with Gasteiger partial charge in [0.1, 0.15) is 11.6 Å². The van der Waals surface area contributed by atoms with Gasteiger partial charge >= 0.3 is 0 Å². The summed E-state index contributed by atoms with van der Waals surface area (Å²) in [5.74, 6) is 0.331. The summed E-state index contributed by atoms with van der Waals surface area (Å²) in [7, 11) is 0.0965. The predicted molar refractivity (Wildman–Crippen MR) is 73.9 cm³/mol. The Morgan fingerprint density at radius 2 is 2.00 bits per heavy atom. The molecular formula is C14H14FNO2S. The fourth-order valence-corrected chi connectivity index (χ4v) is 2.89. The first-order chi connectivity index (χ1) is 9.11. The van der Waals surface area contributed by atoms with Gasteiger partial charge in [-0.25, -0.2) is 4.39 Å². The van der Waals surface area contributed by atoms with Crippen LogP contribution >= 0.6 is 0 Å². The number of halogens is 1. The van der Waals surface area contributed by atoms with E-state index in [2.05, 4.69) is 0 Å². The molecule has 2 N–H and O–H groups in total. The number of nitrogens with two attached hydrogens (primary N) is 1. The number of nitrogen functional groups attached to an aromatic ring is 1. The molecule has 5 heteroatoms. The lowest BCUT2D eigenvalue weighted by Crippen LogP contribution is -2.00. The zero-order chi connectivity index (χ0) is 13.8. The first-order valence-electron chi connectivity index (χ1n) is 5.67. The van der Waals surface area contributed by atoms with E-state index in [-0.39, 0.29) is 10.6 Å². The predicted octanol–water partition coefficient (Wildman–Crippen LogP) is 2.72. The molecule has 0 heterocycles. The smallest absolute Gasteiger partial charge is 0.141 e. The molecule has 1 unspecified atom stereocenters. The maximum atomic E-state index is 13.5. The molecule has 100 valence electrons. The van der Waals surface area contributed by atoms with Gasteiger partial charge in [0.15, 0.2) is 0 Å². The van der Waals surface area contributed by atoms with Crippen molar-refractivity contribution in [2.45, 2.75) is 10.6 Å². The second-order valence-corrected chi connectivity index (χ2v) is 5.42. The molecule has 0 saturated heterocycles. The van der Waals surface area contributed by atoms with Crippen LogP contribution in [0.1, 0.15) is 5.56 Å². The lowest BCUT2D eigenvalue weighted by Gasteiger charge is -2.07. The van der Waals surface area contributed by atoms with Crippen molar-refractivity contribution in [3.63, 3.8) is 0 Å². The highest BCUT2D eigenvalue weighted by Gasteiger charge is 2.11. The molecule has 0 bridgehead atoms. The van der Waals surface area contributed by atoms with E-state index in [1.807, 2.05) is 0 Å². The van der Waals surface area contributed by atoms with Crippen molar-refractivity contribution in [1.29, 1.82) is 0 Å². The average molecular weight is 279 g/mol. The normalized spacial score (nSPS) is 12.1. The quantitative estimate of drug-likeness (QED) is 0.875. The van der Waals surface area contributed by atoms with E-state index in [9.17, 15) is 8.60 Å². The van der Waals surface area contributed by atoms with Gasteiger partial charge < -0.3 is 10.5 Å². The monoisotopic (exact) mass is 279 g/mol. The Bertz CT molecular complexity index is 616. The van der Waals surface area contributed by atoms with E-state index in [4.69, 9.17) is 10.5 Å². The second-order valence-electron chi connectivity index (χ2n) is 4.00. The van der Waals surface area contributed by atoms with Gasteiger partial charge in [-0.05, 0) is 29.8 Å². The van der Waals surface area contributed by atoms with Crippen LogP contribution in [0.15, 0.2) is 47.4 Å². The van der Waals surface area contributed by atoms with Gasteiger partial charge in [0.05, 0.1) is 34.2 Å². The minimum Gasteiger partial charge on any atom is -0.495 e. The number of methoxy groups -OCH3 is 1. The van der Waals surface area contributed by atoms with Crippen LogP contribution in [0.3, 0.4) is 0 Å². The molecule has 0 fully saturated rings. The Balaban J connectivity index is 2.20. The molecule has 2 aromatic rings. The molecule has 0 saturated carbocycles. The Hall–Kier alpha value is -1.88. The van der Waals surface area contributed by atoms with Crippen LogP contribution in [-0.4, -0.2) is 11.3 Å². The molecule has 0 aliphatic heterocycles. The van der Waals surface area contributed by atoms with Gasteiger partial charge in [0.2, 0.25) is 0 Å². The molecule has 2 rings (SSSR count). The van der Waals surface area contributed by atoms with Gasteiger partial charge in [-0.3, -0.25) is 4.21 Å². The molecule has 0 radical (unpaired) electrons. The molecule has 0 spiro atoms. The molecule has 0 aromatic heterocycles. The van der Waals surface area contributed by atoms with E-state index in [1.54, 1.807) is 30.3 Å². The molecule has 2 aromatic carbocycles. The minimum absolute atomic E-state index is 0.205. The summed E-state index contributed by atoms with van der Waals surface area (Å²) in [4.78, 5) is 0.205. The number of anilines is 1. The molecule has 0 aliphatic rings. The van der Waals surface area contributed by atoms with Gasteiger partial charge in [0.25, 0.3) is 0 Å². The second kappa shape index (κ2) is 5.84. The standard InChI is InChI=1S/C14H14FNO2S/c1-18-13-7-6-10(8-12(13)16)9-19(17)14-5-3-2-4-11(14)15/h2-8H,9,16H2,1H3. The Morgan fingerprint density at radius 1 is 1.26 bits per heavy atom. The molecule has 0 aliphatic carbocycles.